The van der Waals surface area contributed by atoms with Crippen LogP contribution < -0.4 is 0 Å². The SMILES string of the molecule is Cc1c(C(=O)N2CCOCC2CC(=O)O)oc2c1ccc1ccccc12. The number of rotatable bonds is 3. The summed E-state index contributed by atoms with van der Waals surface area (Å²) in [6.07, 6.45) is -0.145. The van der Waals surface area contributed by atoms with Gasteiger partial charge in [0.05, 0.1) is 25.7 Å². The minimum absolute atomic E-state index is 0.145. The van der Waals surface area contributed by atoms with Crippen LogP contribution in [0.4, 0.5) is 0 Å². The van der Waals surface area contributed by atoms with Crippen molar-refractivity contribution in [1.29, 1.82) is 0 Å². The number of carboxylic acid groups (broad SMARTS) is 1. The maximum Gasteiger partial charge on any atom is 0.305 e. The number of ether oxygens (including phenoxy) is 1. The summed E-state index contributed by atoms with van der Waals surface area (Å²) in [5.74, 6) is -0.961. The van der Waals surface area contributed by atoms with Crippen molar-refractivity contribution in [2.75, 3.05) is 19.8 Å². The van der Waals surface area contributed by atoms with Gasteiger partial charge in [-0.25, -0.2) is 0 Å². The van der Waals surface area contributed by atoms with Gasteiger partial charge in [-0.15, -0.1) is 0 Å². The molecule has 6 heteroatoms. The van der Waals surface area contributed by atoms with Crippen molar-refractivity contribution < 1.29 is 23.8 Å². The van der Waals surface area contributed by atoms with E-state index in [0.717, 1.165) is 21.7 Å². The molecular weight excluding hydrogens is 334 g/mol. The first-order valence-electron chi connectivity index (χ1n) is 8.57. The number of morpholine rings is 1. The monoisotopic (exact) mass is 353 g/mol. The van der Waals surface area contributed by atoms with Gasteiger partial charge in [-0.1, -0.05) is 36.4 Å². The Balaban J connectivity index is 1.77. The van der Waals surface area contributed by atoms with Crippen LogP contribution in [0.15, 0.2) is 40.8 Å². The lowest BCUT2D eigenvalue weighted by molar-refractivity contribution is -0.139. The molecule has 0 spiro atoms. The van der Waals surface area contributed by atoms with Gasteiger partial charge in [0.25, 0.3) is 5.91 Å². The van der Waals surface area contributed by atoms with E-state index in [4.69, 9.17) is 14.3 Å². The molecule has 1 fully saturated rings. The Labute approximate surface area is 149 Å². The number of fused-ring (bicyclic) bond motifs is 3. The van der Waals surface area contributed by atoms with Gasteiger partial charge in [0.2, 0.25) is 0 Å². The van der Waals surface area contributed by atoms with Gasteiger partial charge in [0.15, 0.2) is 5.76 Å². The van der Waals surface area contributed by atoms with Crippen LogP contribution in [0, 0.1) is 6.92 Å². The highest BCUT2D eigenvalue weighted by atomic mass is 16.5. The van der Waals surface area contributed by atoms with Crippen LogP contribution in [0.1, 0.15) is 22.5 Å². The van der Waals surface area contributed by atoms with Gasteiger partial charge < -0.3 is 19.2 Å². The summed E-state index contributed by atoms with van der Waals surface area (Å²) in [5.41, 5.74) is 1.46. The van der Waals surface area contributed by atoms with Crippen molar-refractivity contribution in [3.63, 3.8) is 0 Å². The van der Waals surface area contributed by atoms with Gasteiger partial charge >= 0.3 is 5.97 Å². The number of nitrogens with zero attached hydrogens (tertiary/aromatic N) is 1. The number of carbonyl (C=O) groups is 2. The standard InChI is InChI=1S/C20H19NO5/c1-12-15-7-6-13-4-2-3-5-16(13)19(15)26-18(12)20(24)21-8-9-25-11-14(21)10-17(22)23/h2-7,14H,8-11H2,1H3,(H,22,23). The molecule has 1 amide bonds. The van der Waals surface area contributed by atoms with Crippen molar-refractivity contribution in [2.24, 2.45) is 0 Å². The van der Waals surface area contributed by atoms with E-state index in [9.17, 15) is 9.59 Å². The van der Waals surface area contributed by atoms with Crippen LogP contribution in [-0.2, 0) is 9.53 Å². The number of carbonyl (C=O) groups excluding carboxylic acids is 1. The number of hydrogen-bond acceptors (Lipinski definition) is 4. The largest absolute Gasteiger partial charge is 0.481 e. The first-order chi connectivity index (χ1) is 12.6. The smallest absolute Gasteiger partial charge is 0.305 e. The molecule has 1 atom stereocenters. The van der Waals surface area contributed by atoms with Crippen molar-refractivity contribution in [3.8, 4) is 0 Å². The van der Waals surface area contributed by atoms with Gasteiger partial charge in [0, 0.05) is 22.9 Å². The van der Waals surface area contributed by atoms with Gasteiger partial charge in [-0.05, 0) is 12.3 Å². The van der Waals surface area contributed by atoms with Gasteiger partial charge in [-0.3, -0.25) is 9.59 Å². The third kappa shape index (κ3) is 2.72. The Morgan fingerprint density at radius 1 is 1.19 bits per heavy atom. The van der Waals surface area contributed by atoms with Gasteiger partial charge in [-0.2, -0.15) is 0 Å². The number of hydrogen-bond donors (Lipinski definition) is 1. The molecule has 1 aliphatic heterocycles. The van der Waals surface area contributed by atoms with Crippen LogP contribution in [0.5, 0.6) is 0 Å². The lowest BCUT2D eigenvalue weighted by Gasteiger charge is -2.34. The second-order valence-electron chi connectivity index (χ2n) is 6.54. The summed E-state index contributed by atoms with van der Waals surface area (Å²) >= 11 is 0. The number of aliphatic carboxylic acids is 1. The number of benzene rings is 2. The summed E-state index contributed by atoms with van der Waals surface area (Å²) in [6, 6.07) is 11.3. The first-order valence-corrected chi connectivity index (χ1v) is 8.57. The fourth-order valence-electron chi connectivity index (χ4n) is 3.58. The van der Waals surface area contributed by atoms with Crippen molar-refractivity contribution in [3.05, 3.63) is 47.7 Å². The van der Waals surface area contributed by atoms with Gasteiger partial charge in [0.1, 0.15) is 5.58 Å². The molecule has 3 aromatic rings. The highest BCUT2D eigenvalue weighted by Crippen LogP contribution is 2.32. The second-order valence-corrected chi connectivity index (χ2v) is 6.54. The normalized spacial score (nSPS) is 17.7. The van der Waals surface area contributed by atoms with E-state index >= 15 is 0 Å². The van der Waals surface area contributed by atoms with E-state index < -0.39 is 12.0 Å². The topological polar surface area (TPSA) is 80.0 Å². The van der Waals surface area contributed by atoms with Crippen LogP contribution in [0.3, 0.4) is 0 Å². The molecule has 26 heavy (non-hydrogen) atoms. The van der Waals surface area contributed by atoms with Crippen molar-refractivity contribution in [1.82, 2.24) is 4.90 Å². The van der Waals surface area contributed by atoms with E-state index in [0.29, 0.717) is 18.7 Å². The zero-order valence-corrected chi connectivity index (χ0v) is 14.4. The molecule has 1 saturated heterocycles. The molecule has 4 rings (SSSR count). The molecule has 2 aromatic carbocycles. The summed E-state index contributed by atoms with van der Waals surface area (Å²) < 4.78 is 11.4. The van der Waals surface area contributed by atoms with E-state index in [1.807, 2.05) is 43.3 Å². The Morgan fingerprint density at radius 2 is 2.00 bits per heavy atom. The predicted molar refractivity (Wildman–Crippen MR) is 96.4 cm³/mol. The minimum atomic E-state index is -0.953. The Kier molecular flexibility index (Phi) is 4.12. The summed E-state index contributed by atoms with van der Waals surface area (Å²) in [7, 11) is 0. The minimum Gasteiger partial charge on any atom is -0.481 e. The molecule has 1 aliphatic rings. The molecule has 1 N–H and O–H groups in total. The Hall–Kier alpha value is -2.86. The molecule has 0 radical (unpaired) electrons. The molecule has 1 aromatic heterocycles. The average Bonchev–Trinajstić information content (AvgIpc) is 2.98. The maximum atomic E-state index is 13.1. The molecule has 0 aliphatic carbocycles. The molecular formula is C20H19NO5. The Bertz CT molecular complexity index is 1010. The van der Waals surface area contributed by atoms with E-state index in [1.165, 1.54) is 0 Å². The summed E-state index contributed by atoms with van der Waals surface area (Å²) in [4.78, 5) is 25.8. The highest BCUT2D eigenvalue weighted by molar-refractivity contribution is 6.09. The Morgan fingerprint density at radius 3 is 2.81 bits per heavy atom. The average molecular weight is 353 g/mol. The zero-order chi connectivity index (χ0) is 18.3. The number of carboxylic acids is 1. The molecule has 1 unspecified atom stereocenters. The fourth-order valence-corrected chi connectivity index (χ4v) is 3.58. The summed E-state index contributed by atoms with van der Waals surface area (Å²) in [6.45, 7) is 2.83. The molecule has 0 bridgehead atoms. The number of amides is 1. The molecule has 0 saturated carbocycles. The van der Waals surface area contributed by atoms with E-state index in [1.54, 1.807) is 4.90 Å². The second kappa shape index (κ2) is 6.46. The van der Waals surface area contributed by atoms with Crippen LogP contribution in [0.2, 0.25) is 0 Å². The van der Waals surface area contributed by atoms with Crippen molar-refractivity contribution >= 4 is 33.6 Å². The third-order valence-electron chi connectivity index (χ3n) is 4.92. The van der Waals surface area contributed by atoms with Crippen LogP contribution >= 0.6 is 0 Å². The first kappa shape index (κ1) is 16.6. The lowest BCUT2D eigenvalue weighted by atomic mass is 10.0. The number of aryl methyl sites for hydroxylation is 1. The fraction of sp³-hybridized carbons (Fsp3) is 0.300. The lowest BCUT2D eigenvalue weighted by Crippen LogP contribution is -2.49. The highest BCUT2D eigenvalue weighted by Gasteiger charge is 2.32. The molecule has 6 nitrogen and oxygen atoms in total. The van der Waals surface area contributed by atoms with E-state index in [2.05, 4.69) is 0 Å². The number of furan rings is 1. The quantitative estimate of drug-likeness (QED) is 0.782. The molecule has 2 heterocycles. The maximum absolute atomic E-state index is 13.1. The van der Waals surface area contributed by atoms with Crippen LogP contribution in [-0.4, -0.2) is 47.7 Å². The third-order valence-corrected chi connectivity index (χ3v) is 4.92. The van der Waals surface area contributed by atoms with Crippen LogP contribution in [0.25, 0.3) is 21.7 Å². The molecule has 134 valence electrons. The predicted octanol–water partition coefficient (Wildman–Crippen LogP) is 3.21. The zero-order valence-electron chi connectivity index (χ0n) is 14.4. The van der Waals surface area contributed by atoms with E-state index in [-0.39, 0.29) is 24.7 Å². The van der Waals surface area contributed by atoms with Crippen molar-refractivity contribution in [2.45, 2.75) is 19.4 Å². The summed E-state index contributed by atoms with van der Waals surface area (Å²) in [5, 5.41) is 12.0.